The zero-order valence-corrected chi connectivity index (χ0v) is 22.8. The van der Waals surface area contributed by atoms with Crippen LogP contribution in [0.5, 0.6) is 5.75 Å². The molecule has 40 heavy (non-hydrogen) atoms. The van der Waals surface area contributed by atoms with Crippen LogP contribution in [0.15, 0.2) is 46.9 Å². The molecule has 0 aliphatic heterocycles. The first-order chi connectivity index (χ1) is 19.0. The molecular formula is C28H33N5O7. The molecule has 12 heteroatoms. The summed E-state index contributed by atoms with van der Waals surface area (Å²) in [6.45, 7) is 5.02. The van der Waals surface area contributed by atoms with Crippen LogP contribution in [-0.4, -0.2) is 53.5 Å². The van der Waals surface area contributed by atoms with Gasteiger partial charge in [0.15, 0.2) is 5.78 Å². The molecule has 0 aliphatic carbocycles. The number of urea groups is 1. The Bertz CT molecular complexity index is 1390. The second-order valence-corrected chi connectivity index (χ2v) is 9.16. The van der Waals surface area contributed by atoms with Gasteiger partial charge in [-0.3, -0.25) is 9.59 Å². The number of nitrogens with one attached hydrogen (secondary N) is 4. The minimum atomic E-state index is -1.18. The summed E-state index contributed by atoms with van der Waals surface area (Å²) in [5.74, 6) is -0.676. The molecule has 2 aromatic carbocycles. The fourth-order valence-corrected chi connectivity index (χ4v) is 3.92. The number of aliphatic carboxylic acids is 1. The third-order valence-electron chi connectivity index (χ3n) is 5.91. The van der Waals surface area contributed by atoms with Gasteiger partial charge in [-0.1, -0.05) is 24.3 Å². The van der Waals surface area contributed by atoms with Crippen molar-refractivity contribution in [2.75, 3.05) is 24.3 Å². The molecule has 3 amide bonds. The average Bonchev–Trinajstić information content (AvgIpc) is 3.24. The van der Waals surface area contributed by atoms with E-state index in [0.717, 1.165) is 5.56 Å². The number of para-hydroxylation sites is 1. The fourth-order valence-electron chi connectivity index (χ4n) is 3.92. The molecule has 0 radical (unpaired) electrons. The predicted octanol–water partition coefficient (Wildman–Crippen LogP) is 2.98. The van der Waals surface area contributed by atoms with Gasteiger partial charge < -0.3 is 35.5 Å². The first-order valence-electron chi connectivity index (χ1n) is 12.5. The molecule has 1 heterocycles. The lowest BCUT2D eigenvalue weighted by molar-refractivity contribution is -0.141. The monoisotopic (exact) mass is 551 g/mol. The van der Waals surface area contributed by atoms with Crippen molar-refractivity contribution in [1.29, 1.82) is 0 Å². The minimum absolute atomic E-state index is 0.0432. The van der Waals surface area contributed by atoms with Gasteiger partial charge in [0.1, 0.15) is 17.6 Å². The van der Waals surface area contributed by atoms with Crippen molar-refractivity contribution in [3.8, 4) is 5.75 Å². The number of carboxylic acid groups (broad SMARTS) is 1. The summed E-state index contributed by atoms with van der Waals surface area (Å²) in [7, 11) is 1.48. The number of carbonyl (C=O) groups is 4. The molecule has 0 aliphatic rings. The minimum Gasteiger partial charge on any atom is -0.495 e. The van der Waals surface area contributed by atoms with Crippen molar-refractivity contribution in [1.82, 2.24) is 15.6 Å². The SMILES string of the molecule is COc1cc(CC(=O)CNCc2nc(C)c(CC(NC(C)=O)C(=O)O)o2)ccc1NC(=O)Nc1ccccc1C. The van der Waals surface area contributed by atoms with Gasteiger partial charge >= 0.3 is 12.0 Å². The fraction of sp³-hybridized carbons (Fsp3) is 0.321. The van der Waals surface area contributed by atoms with Crippen molar-refractivity contribution >= 4 is 35.1 Å². The first-order valence-corrected chi connectivity index (χ1v) is 12.5. The molecule has 3 rings (SSSR count). The number of ether oxygens (including phenoxy) is 1. The molecule has 0 fully saturated rings. The smallest absolute Gasteiger partial charge is 0.326 e. The van der Waals surface area contributed by atoms with Gasteiger partial charge in [-0.15, -0.1) is 0 Å². The number of hydrogen-bond donors (Lipinski definition) is 5. The van der Waals surface area contributed by atoms with Gasteiger partial charge in [-0.25, -0.2) is 14.6 Å². The summed E-state index contributed by atoms with van der Waals surface area (Å²) in [4.78, 5) is 51.9. The number of rotatable bonds is 13. The molecule has 3 aromatic rings. The molecule has 0 spiro atoms. The van der Waals surface area contributed by atoms with Crippen LogP contribution in [0.4, 0.5) is 16.2 Å². The molecule has 0 saturated carbocycles. The van der Waals surface area contributed by atoms with Crippen molar-refractivity contribution in [2.45, 2.75) is 46.2 Å². The third-order valence-corrected chi connectivity index (χ3v) is 5.91. The zero-order chi connectivity index (χ0) is 29.2. The largest absolute Gasteiger partial charge is 0.495 e. The second-order valence-electron chi connectivity index (χ2n) is 9.16. The van der Waals surface area contributed by atoms with Gasteiger partial charge in [0.25, 0.3) is 0 Å². The van der Waals surface area contributed by atoms with Crippen LogP contribution in [0.3, 0.4) is 0 Å². The Morgan fingerprint density at radius 2 is 1.77 bits per heavy atom. The van der Waals surface area contributed by atoms with E-state index in [0.29, 0.717) is 40.0 Å². The number of nitrogens with zero attached hydrogens (tertiary/aromatic N) is 1. The Labute approximate surface area is 231 Å². The van der Waals surface area contributed by atoms with Gasteiger partial charge in [0.05, 0.1) is 31.6 Å². The maximum atomic E-state index is 12.6. The number of carbonyl (C=O) groups excluding carboxylic acids is 3. The number of amides is 3. The molecule has 0 bridgehead atoms. The summed E-state index contributed by atoms with van der Waals surface area (Å²) in [6.07, 6.45) is 0.0822. The molecule has 1 unspecified atom stereocenters. The van der Waals surface area contributed by atoms with Gasteiger partial charge in [0, 0.05) is 25.5 Å². The summed E-state index contributed by atoms with van der Waals surface area (Å²) >= 11 is 0. The van der Waals surface area contributed by atoms with Gasteiger partial charge in [-0.2, -0.15) is 0 Å². The van der Waals surface area contributed by atoms with Crippen LogP contribution >= 0.6 is 0 Å². The maximum Gasteiger partial charge on any atom is 0.326 e. The number of anilines is 2. The number of Topliss-reactive ketones (excluding diaryl/α,β-unsaturated/α-hetero) is 1. The Balaban J connectivity index is 1.51. The number of oxazole rings is 1. The molecule has 5 N–H and O–H groups in total. The van der Waals surface area contributed by atoms with Crippen molar-refractivity contribution in [2.24, 2.45) is 0 Å². The van der Waals surface area contributed by atoms with E-state index in [1.807, 2.05) is 25.1 Å². The molecule has 1 atom stereocenters. The van der Waals surface area contributed by atoms with Crippen LogP contribution in [0, 0.1) is 13.8 Å². The summed E-state index contributed by atoms with van der Waals surface area (Å²) < 4.78 is 11.0. The molecule has 12 nitrogen and oxygen atoms in total. The van der Waals surface area contributed by atoms with E-state index in [1.54, 1.807) is 31.2 Å². The Hall–Kier alpha value is -4.71. The standard InChI is InChI=1S/C28H33N5O7/c1-16-7-5-6-8-21(16)32-28(38)33-22-10-9-19(12-25(22)39-4)11-20(35)14-29-15-26-30-17(2)24(40-26)13-23(27(36)37)31-18(3)34/h5-10,12,23,29H,11,13-15H2,1-4H3,(H,31,34)(H,36,37)(H2,32,33,38). The number of aryl methyl sites for hydroxylation is 2. The highest BCUT2D eigenvalue weighted by Crippen LogP contribution is 2.26. The number of benzene rings is 2. The van der Waals surface area contributed by atoms with E-state index in [4.69, 9.17) is 9.15 Å². The van der Waals surface area contributed by atoms with Crippen molar-refractivity contribution < 1.29 is 33.4 Å². The third kappa shape index (κ3) is 8.67. The van der Waals surface area contributed by atoms with Crippen LogP contribution in [-0.2, 0) is 33.8 Å². The Morgan fingerprint density at radius 1 is 1.05 bits per heavy atom. The van der Waals surface area contributed by atoms with Crippen molar-refractivity contribution in [3.05, 3.63) is 70.9 Å². The maximum absolute atomic E-state index is 12.6. The van der Waals surface area contributed by atoms with E-state index in [2.05, 4.69) is 26.3 Å². The lowest BCUT2D eigenvalue weighted by Crippen LogP contribution is -2.41. The topological polar surface area (TPSA) is 172 Å². The summed E-state index contributed by atoms with van der Waals surface area (Å²) in [5, 5.41) is 20.2. The number of carboxylic acids is 1. The quantitative estimate of drug-likeness (QED) is 0.214. The van der Waals surface area contributed by atoms with Crippen LogP contribution in [0.25, 0.3) is 0 Å². The Morgan fingerprint density at radius 3 is 2.45 bits per heavy atom. The van der Waals surface area contributed by atoms with E-state index >= 15 is 0 Å². The van der Waals surface area contributed by atoms with Crippen LogP contribution in [0.1, 0.15) is 35.4 Å². The predicted molar refractivity (Wildman–Crippen MR) is 147 cm³/mol. The second kappa shape index (κ2) is 13.9. The lowest BCUT2D eigenvalue weighted by atomic mass is 10.1. The van der Waals surface area contributed by atoms with E-state index in [-0.39, 0.29) is 31.7 Å². The highest BCUT2D eigenvalue weighted by molar-refractivity contribution is 6.01. The number of methoxy groups -OCH3 is 1. The highest BCUT2D eigenvalue weighted by Gasteiger charge is 2.23. The van der Waals surface area contributed by atoms with Crippen molar-refractivity contribution in [3.63, 3.8) is 0 Å². The van der Waals surface area contributed by atoms with E-state index < -0.39 is 23.9 Å². The van der Waals surface area contributed by atoms with E-state index in [9.17, 15) is 24.3 Å². The normalized spacial score (nSPS) is 11.4. The number of aromatic nitrogens is 1. The molecular weight excluding hydrogens is 518 g/mol. The number of ketones is 1. The van der Waals surface area contributed by atoms with Gasteiger partial charge in [0.2, 0.25) is 11.8 Å². The average molecular weight is 552 g/mol. The van der Waals surface area contributed by atoms with E-state index in [1.165, 1.54) is 14.0 Å². The summed E-state index contributed by atoms with van der Waals surface area (Å²) in [6, 6.07) is 11.0. The molecule has 0 saturated heterocycles. The molecule has 1 aromatic heterocycles. The van der Waals surface area contributed by atoms with Crippen LogP contribution in [0.2, 0.25) is 0 Å². The highest BCUT2D eigenvalue weighted by atomic mass is 16.5. The number of hydrogen-bond acceptors (Lipinski definition) is 8. The lowest BCUT2D eigenvalue weighted by Gasteiger charge is -2.13. The first kappa shape index (κ1) is 29.8. The van der Waals surface area contributed by atoms with Crippen LogP contribution < -0.4 is 26.0 Å². The zero-order valence-electron chi connectivity index (χ0n) is 22.8. The summed E-state index contributed by atoms with van der Waals surface area (Å²) in [5.41, 5.74) is 3.30. The molecule has 212 valence electrons. The Kier molecular flexibility index (Phi) is 10.4. The van der Waals surface area contributed by atoms with Gasteiger partial charge in [-0.05, 0) is 43.2 Å².